The number of para-hydroxylation sites is 1. The normalized spacial score (nSPS) is 17.0. The van der Waals surface area contributed by atoms with Crippen molar-refractivity contribution in [1.82, 2.24) is 29.9 Å². The van der Waals surface area contributed by atoms with E-state index in [1.54, 1.807) is 18.2 Å². The second-order valence-electron chi connectivity index (χ2n) is 14.4. The Morgan fingerprint density at radius 1 is 0.717 bits per heavy atom. The third-order valence-corrected chi connectivity index (χ3v) is 10.5. The maximum Gasteiger partial charge on any atom is 0.258 e. The van der Waals surface area contributed by atoms with Crippen LogP contribution in [0.1, 0.15) is 62.6 Å². The molecule has 2 fully saturated rings. The second kappa shape index (κ2) is 16.3. The number of rotatable bonds is 9. The average molecular weight is 730 g/mol. The van der Waals surface area contributed by atoms with Crippen LogP contribution >= 0.6 is 11.6 Å². The summed E-state index contributed by atoms with van der Waals surface area (Å²) in [4.78, 5) is 45.8. The van der Waals surface area contributed by atoms with E-state index in [1.807, 2.05) is 32.3 Å². The summed E-state index contributed by atoms with van der Waals surface area (Å²) in [6.07, 6.45) is 7.96. The molecule has 11 heteroatoms. The number of aromatic nitrogens is 6. The molecule has 8 rings (SSSR count). The molecule has 1 N–H and O–H groups in total. The number of halogens is 1. The highest BCUT2D eigenvalue weighted by molar-refractivity contribution is 6.31. The lowest BCUT2D eigenvalue weighted by molar-refractivity contribution is 0.679. The van der Waals surface area contributed by atoms with Crippen molar-refractivity contribution in [2.45, 2.75) is 77.3 Å². The summed E-state index contributed by atoms with van der Waals surface area (Å²) in [5.74, 6) is 4.67. The lowest BCUT2D eigenvalue weighted by atomic mass is 10.2. The van der Waals surface area contributed by atoms with E-state index in [9.17, 15) is 4.79 Å². The van der Waals surface area contributed by atoms with Crippen LogP contribution in [0.25, 0.3) is 21.8 Å². The zero-order valence-electron chi connectivity index (χ0n) is 31.1. The zero-order chi connectivity index (χ0) is 36.9. The maximum absolute atomic E-state index is 12.2. The number of anilines is 3. The molecule has 274 valence electrons. The fourth-order valence-corrected chi connectivity index (χ4v) is 7.62. The van der Waals surface area contributed by atoms with Crippen LogP contribution in [0.15, 0.2) is 83.7 Å². The Hall–Kier alpha value is -5.09. The molecular weight excluding hydrogens is 682 g/mol. The third kappa shape index (κ3) is 8.60. The van der Waals surface area contributed by atoms with Gasteiger partial charge in [-0.25, -0.2) is 24.9 Å². The van der Waals surface area contributed by atoms with E-state index < -0.39 is 0 Å². The van der Waals surface area contributed by atoms with Gasteiger partial charge in [0.2, 0.25) is 0 Å². The molecule has 2 aliphatic heterocycles. The summed E-state index contributed by atoms with van der Waals surface area (Å²) < 4.78 is 0. The second-order valence-corrected chi connectivity index (χ2v) is 14.8. The van der Waals surface area contributed by atoms with Gasteiger partial charge in [-0.2, -0.15) is 0 Å². The first-order valence-electron chi connectivity index (χ1n) is 18.8. The molecule has 0 radical (unpaired) electrons. The van der Waals surface area contributed by atoms with Crippen molar-refractivity contribution in [1.29, 1.82) is 0 Å². The van der Waals surface area contributed by atoms with E-state index in [0.29, 0.717) is 40.3 Å². The van der Waals surface area contributed by atoms with Gasteiger partial charge in [-0.05, 0) is 107 Å². The third-order valence-electron chi connectivity index (χ3n) is 10.2. The Balaban J connectivity index is 0.000000165. The molecule has 6 aromatic rings. The molecule has 53 heavy (non-hydrogen) atoms. The fraction of sp³-hybridized carbons (Fsp3) is 0.381. The first-order chi connectivity index (χ1) is 25.7. The Morgan fingerprint density at radius 2 is 1.38 bits per heavy atom. The minimum Gasteiger partial charge on any atom is -0.362 e. The molecule has 0 amide bonds. The van der Waals surface area contributed by atoms with Gasteiger partial charge in [0.1, 0.15) is 29.1 Å². The number of pyridine rings is 2. The first kappa shape index (κ1) is 36.3. The summed E-state index contributed by atoms with van der Waals surface area (Å²) in [5, 5.41) is 2.15. The van der Waals surface area contributed by atoms with Crippen LogP contribution < -0.4 is 20.3 Å². The molecule has 2 aromatic carbocycles. The van der Waals surface area contributed by atoms with Crippen LogP contribution in [0.3, 0.4) is 0 Å². The van der Waals surface area contributed by atoms with Crippen LogP contribution in [-0.2, 0) is 25.7 Å². The average Bonchev–Trinajstić information content (AvgIpc) is 3.83. The summed E-state index contributed by atoms with van der Waals surface area (Å²) >= 11 is 5.95. The van der Waals surface area contributed by atoms with E-state index in [2.05, 4.69) is 81.0 Å². The number of aryl methyl sites for hydroxylation is 4. The van der Waals surface area contributed by atoms with Gasteiger partial charge in [0.25, 0.3) is 5.56 Å². The van der Waals surface area contributed by atoms with Gasteiger partial charge >= 0.3 is 0 Å². The van der Waals surface area contributed by atoms with Crippen LogP contribution in [0.2, 0.25) is 5.02 Å². The Bertz CT molecular complexity index is 2240. The molecule has 2 saturated heterocycles. The SMILES string of the molecule is CC1CCC(C)N1c1cccc(CCc2nc(N(C)C)c3ccccc3n2)n1.O=c1[nH]c(CCc2cccc(N3CCCC3)n2)nc2ccc(Cl)cc12. The monoisotopic (exact) mass is 729 g/mol. The molecule has 2 aliphatic rings. The summed E-state index contributed by atoms with van der Waals surface area (Å²) in [7, 11) is 4.06. The predicted molar refractivity (Wildman–Crippen MR) is 217 cm³/mol. The molecule has 0 bridgehead atoms. The van der Waals surface area contributed by atoms with Crippen molar-refractivity contribution in [3.05, 3.63) is 117 Å². The lowest BCUT2D eigenvalue weighted by Gasteiger charge is -2.27. The maximum atomic E-state index is 12.2. The number of benzene rings is 2. The Kier molecular flexibility index (Phi) is 11.1. The number of fused-ring (bicyclic) bond motifs is 2. The number of nitrogens with one attached hydrogen (secondary N) is 1. The van der Waals surface area contributed by atoms with Gasteiger partial charge in [0.05, 0.1) is 16.4 Å². The number of H-pyrrole nitrogens is 1. The number of hydrogen-bond donors (Lipinski definition) is 1. The number of nitrogens with zero attached hydrogens (tertiary/aromatic N) is 8. The molecule has 0 spiro atoms. The molecule has 6 heterocycles. The van der Waals surface area contributed by atoms with Gasteiger partial charge in [0, 0.05) is 73.9 Å². The fourth-order valence-electron chi connectivity index (χ4n) is 7.45. The summed E-state index contributed by atoms with van der Waals surface area (Å²) in [6.45, 7) is 6.75. The van der Waals surface area contributed by atoms with E-state index in [-0.39, 0.29) is 5.56 Å². The Labute approximate surface area is 316 Å². The quantitative estimate of drug-likeness (QED) is 0.161. The van der Waals surface area contributed by atoms with Gasteiger partial charge in [0.15, 0.2) is 0 Å². The smallest absolute Gasteiger partial charge is 0.258 e. The highest BCUT2D eigenvalue weighted by Gasteiger charge is 2.28. The first-order valence-corrected chi connectivity index (χ1v) is 19.2. The molecule has 2 unspecified atom stereocenters. The molecule has 10 nitrogen and oxygen atoms in total. The van der Waals surface area contributed by atoms with Crippen molar-refractivity contribution < 1.29 is 0 Å². The van der Waals surface area contributed by atoms with Crippen LogP contribution in [0.4, 0.5) is 17.5 Å². The van der Waals surface area contributed by atoms with Crippen LogP contribution in [0, 0.1) is 0 Å². The van der Waals surface area contributed by atoms with Gasteiger partial charge in [-0.1, -0.05) is 35.9 Å². The molecule has 0 saturated carbocycles. The van der Waals surface area contributed by atoms with Gasteiger partial charge in [-0.3, -0.25) is 4.79 Å². The van der Waals surface area contributed by atoms with E-state index in [0.717, 1.165) is 77.9 Å². The van der Waals surface area contributed by atoms with Crippen molar-refractivity contribution in [3.8, 4) is 0 Å². The zero-order valence-corrected chi connectivity index (χ0v) is 31.9. The van der Waals surface area contributed by atoms with Crippen molar-refractivity contribution in [2.75, 3.05) is 41.9 Å². The minimum atomic E-state index is -0.152. The van der Waals surface area contributed by atoms with Crippen molar-refractivity contribution in [2.24, 2.45) is 0 Å². The van der Waals surface area contributed by atoms with Crippen molar-refractivity contribution in [3.63, 3.8) is 0 Å². The Morgan fingerprint density at radius 3 is 2.11 bits per heavy atom. The molecule has 0 aliphatic carbocycles. The predicted octanol–water partition coefficient (Wildman–Crippen LogP) is 7.61. The molecule has 2 atom stereocenters. The standard InChI is InChI=1S/C23H29N5.C19H19ClN4O/c1-16-12-13-17(2)28(16)22-11-7-8-18(24-22)14-15-21-25-20-10-6-5-9-19(20)23(26-21)27(3)4;20-13-6-8-16-15(12-13)19(25)23-17(22-16)9-7-14-4-3-5-18(21-14)24-10-1-2-11-24/h5-11,16-17H,12-15H2,1-4H3;3-6,8,12H,1-2,7,9-11H2,(H,22,23,25). The lowest BCUT2D eigenvalue weighted by Crippen LogP contribution is -2.33. The number of aromatic amines is 1. The largest absolute Gasteiger partial charge is 0.362 e. The van der Waals surface area contributed by atoms with Crippen LogP contribution in [0.5, 0.6) is 0 Å². The molecule has 4 aromatic heterocycles. The summed E-state index contributed by atoms with van der Waals surface area (Å²) in [5.41, 5.74) is 3.64. The van der Waals surface area contributed by atoms with Gasteiger partial charge < -0.3 is 19.7 Å². The minimum absolute atomic E-state index is 0.152. The highest BCUT2D eigenvalue weighted by Crippen LogP contribution is 2.29. The van der Waals surface area contributed by atoms with E-state index >= 15 is 0 Å². The van der Waals surface area contributed by atoms with E-state index in [1.165, 1.54) is 25.7 Å². The summed E-state index contributed by atoms with van der Waals surface area (Å²) in [6, 6.07) is 27.0. The van der Waals surface area contributed by atoms with E-state index in [4.69, 9.17) is 31.5 Å². The topological polar surface area (TPSA) is 107 Å². The van der Waals surface area contributed by atoms with Crippen LogP contribution in [-0.4, -0.2) is 69.2 Å². The highest BCUT2D eigenvalue weighted by atomic mass is 35.5. The van der Waals surface area contributed by atoms with Crippen molar-refractivity contribution >= 4 is 50.9 Å². The molecular formula is C42H48ClN9O. The number of hydrogen-bond acceptors (Lipinski definition) is 9. The van der Waals surface area contributed by atoms with Gasteiger partial charge in [-0.15, -0.1) is 0 Å².